The standard InChI is InChI=1S/C14H17ClN2O2/c1-8-6-12(13(19-3)7-10(8)15)17-11-4-5-14(18)16-9(11)2/h6-7,11,17H,2,4-5H2,1,3H3,(H,16,18). The van der Waals surface area contributed by atoms with E-state index in [1.54, 1.807) is 13.2 Å². The lowest BCUT2D eigenvalue weighted by molar-refractivity contribution is -0.121. The first kappa shape index (κ1) is 13.7. The van der Waals surface area contributed by atoms with Crippen molar-refractivity contribution in [2.75, 3.05) is 12.4 Å². The lowest BCUT2D eigenvalue weighted by Gasteiger charge is -2.27. The van der Waals surface area contributed by atoms with Gasteiger partial charge in [-0.3, -0.25) is 4.79 Å². The average molecular weight is 281 g/mol. The molecule has 2 N–H and O–H groups in total. The number of anilines is 1. The monoisotopic (exact) mass is 280 g/mol. The zero-order valence-corrected chi connectivity index (χ0v) is 11.8. The number of amides is 1. The number of rotatable bonds is 3. The van der Waals surface area contributed by atoms with E-state index in [0.717, 1.165) is 17.7 Å². The van der Waals surface area contributed by atoms with Gasteiger partial charge in [-0.05, 0) is 25.0 Å². The number of nitrogens with one attached hydrogen (secondary N) is 2. The molecule has 1 saturated heterocycles. The van der Waals surface area contributed by atoms with Crippen LogP contribution in [0.4, 0.5) is 5.69 Å². The SMILES string of the molecule is C=C1NC(=O)CCC1Nc1cc(C)c(Cl)cc1OC. The van der Waals surface area contributed by atoms with Crippen molar-refractivity contribution in [3.63, 3.8) is 0 Å². The molecule has 1 heterocycles. The van der Waals surface area contributed by atoms with E-state index in [4.69, 9.17) is 16.3 Å². The largest absolute Gasteiger partial charge is 0.495 e. The topological polar surface area (TPSA) is 50.4 Å². The van der Waals surface area contributed by atoms with Gasteiger partial charge in [-0.2, -0.15) is 0 Å². The Bertz CT molecular complexity index is 528. The molecular formula is C14H17ClN2O2. The summed E-state index contributed by atoms with van der Waals surface area (Å²) in [6, 6.07) is 3.72. The summed E-state index contributed by atoms with van der Waals surface area (Å²) in [7, 11) is 1.60. The van der Waals surface area contributed by atoms with Crippen LogP contribution in [0, 0.1) is 6.92 Å². The molecule has 1 aromatic carbocycles. The van der Waals surface area contributed by atoms with Crippen LogP contribution in [0.3, 0.4) is 0 Å². The highest BCUT2D eigenvalue weighted by molar-refractivity contribution is 6.31. The van der Waals surface area contributed by atoms with E-state index >= 15 is 0 Å². The number of aryl methyl sites for hydroxylation is 1. The summed E-state index contributed by atoms with van der Waals surface area (Å²) in [4.78, 5) is 11.3. The normalized spacial score (nSPS) is 19.0. The Morgan fingerprint density at radius 1 is 1.53 bits per heavy atom. The van der Waals surface area contributed by atoms with E-state index in [2.05, 4.69) is 17.2 Å². The highest BCUT2D eigenvalue weighted by Gasteiger charge is 2.22. The van der Waals surface area contributed by atoms with Crippen LogP contribution in [0.2, 0.25) is 5.02 Å². The van der Waals surface area contributed by atoms with Crippen LogP contribution < -0.4 is 15.4 Å². The summed E-state index contributed by atoms with van der Waals surface area (Å²) in [5.41, 5.74) is 2.51. The molecule has 2 rings (SSSR count). The summed E-state index contributed by atoms with van der Waals surface area (Å²) >= 11 is 6.07. The first-order chi connectivity index (χ1) is 9.01. The third-order valence-electron chi connectivity index (χ3n) is 3.19. The van der Waals surface area contributed by atoms with Crippen molar-refractivity contribution in [1.82, 2.24) is 5.32 Å². The van der Waals surface area contributed by atoms with E-state index in [-0.39, 0.29) is 11.9 Å². The highest BCUT2D eigenvalue weighted by atomic mass is 35.5. The number of piperidine rings is 1. The highest BCUT2D eigenvalue weighted by Crippen LogP contribution is 2.32. The Hall–Kier alpha value is -1.68. The molecule has 0 aromatic heterocycles. The Kier molecular flexibility index (Phi) is 4.00. The molecule has 5 heteroatoms. The summed E-state index contributed by atoms with van der Waals surface area (Å²) < 4.78 is 5.32. The molecule has 4 nitrogen and oxygen atoms in total. The zero-order valence-electron chi connectivity index (χ0n) is 11.0. The molecule has 19 heavy (non-hydrogen) atoms. The van der Waals surface area contributed by atoms with Crippen molar-refractivity contribution < 1.29 is 9.53 Å². The van der Waals surface area contributed by atoms with Gasteiger partial charge in [0.05, 0.1) is 18.8 Å². The maximum Gasteiger partial charge on any atom is 0.224 e. The van der Waals surface area contributed by atoms with Crippen LogP contribution in [0.1, 0.15) is 18.4 Å². The first-order valence-electron chi connectivity index (χ1n) is 6.10. The van der Waals surface area contributed by atoms with Gasteiger partial charge >= 0.3 is 0 Å². The maximum atomic E-state index is 11.3. The zero-order chi connectivity index (χ0) is 14.0. The Balaban J connectivity index is 2.21. The van der Waals surface area contributed by atoms with Gasteiger partial charge in [0.15, 0.2) is 0 Å². The lowest BCUT2D eigenvalue weighted by Crippen LogP contribution is -2.39. The van der Waals surface area contributed by atoms with E-state index in [1.165, 1.54) is 0 Å². The fourth-order valence-electron chi connectivity index (χ4n) is 2.07. The van der Waals surface area contributed by atoms with Gasteiger partial charge in [0.2, 0.25) is 5.91 Å². The molecule has 0 bridgehead atoms. The number of halogens is 1. The van der Waals surface area contributed by atoms with Crippen LogP contribution in [-0.4, -0.2) is 19.1 Å². The van der Waals surface area contributed by atoms with Crippen molar-refractivity contribution in [1.29, 1.82) is 0 Å². The number of carbonyl (C=O) groups is 1. The lowest BCUT2D eigenvalue weighted by atomic mass is 10.0. The third-order valence-corrected chi connectivity index (χ3v) is 3.60. The van der Waals surface area contributed by atoms with Crippen molar-refractivity contribution >= 4 is 23.2 Å². The third kappa shape index (κ3) is 3.01. The summed E-state index contributed by atoms with van der Waals surface area (Å²) in [5.74, 6) is 0.697. The summed E-state index contributed by atoms with van der Waals surface area (Å²) in [5, 5.41) is 6.76. The van der Waals surface area contributed by atoms with Gasteiger partial charge in [-0.25, -0.2) is 0 Å². The molecule has 1 aromatic rings. The number of ether oxygens (including phenoxy) is 1. The van der Waals surface area contributed by atoms with Gasteiger partial charge < -0.3 is 15.4 Å². The molecule has 0 radical (unpaired) electrons. The smallest absolute Gasteiger partial charge is 0.224 e. The Morgan fingerprint density at radius 2 is 2.26 bits per heavy atom. The molecule has 0 saturated carbocycles. The van der Waals surface area contributed by atoms with Crippen molar-refractivity contribution in [3.8, 4) is 5.75 Å². The van der Waals surface area contributed by atoms with Gasteiger partial charge in [0.1, 0.15) is 5.75 Å². The molecule has 1 aliphatic rings. The number of benzene rings is 1. The summed E-state index contributed by atoms with van der Waals surface area (Å²) in [6.45, 7) is 5.81. The van der Waals surface area contributed by atoms with Crippen molar-refractivity contribution in [2.24, 2.45) is 0 Å². The van der Waals surface area contributed by atoms with E-state index in [9.17, 15) is 4.79 Å². The van der Waals surface area contributed by atoms with Gasteiger partial charge in [-0.1, -0.05) is 18.2 Å². The molecule has 1 unspecified atom stereocenters. The quantitative estimate of drug-likeness (QED) is 0.895. The summed E-state index contributed by atoms with van der Waals surface area (Å²) in [6.07, 6.45) is 1.21. The molecule has 0 aliphatic carbocycles. The fraction of sp³-hybridized carbons (Fsp3) is 0.357. The van der Waals surface area contributed by atoms with Crippen molar-refractivity contribution in [3.05, 3.63) is 35.0 Å². The Labute approximate surface area is 117 Å². The first-order valence-corrected chi connectivity index (χ1v) is 6.48. The number of methoxy groups -OCH3 is 1. The van der Waals surface area contributed by atoms with Gasteiger partial charge in [-0.15, -0.1) is 0 Å². The number of hydrogen-bond donors (Lipinski definition) is 2. The average Bonchev–Trinajstić information content (AvgIpc) is 2.36. The molecule has 1 atom stereocenters. The van der Waals surface area contributed by atoms with E-state index < -0.39 is 0 Å². The minimum absolute atomic E-state index is 0.00664. The van der Waals surface area contributed by atoms with Crippen LogP contribution in [0.15, 0.2) is 24.4 Å². The predicted molar refractivity (Wildman–Crippen MR) is 76.7 cm³/mol. The molecule has 102 valence electrons. The molecule has 0 spiro atoms. The fourth-order valence-corrected chi connectivity index (χ4v) is 2.22. The van der Waals surface area contributed by atoms with Crippen LogP contribution in [-0.2, 0) is 4.79 Å². The minimum atomic E-state index is 0.00664. The molecule has 1 fully saturated rings. The number of hydrogen-bond acceptors (Lipinski definition) is 3. The van der Waals surface area contributed by atoms with Crippen LogP contribution >= 0.6 is 11.6 Å². The minimum Gasteiger partial charge on any atom is -0.495 e. The second kappa shape index (κ2) is 5.53. The van der Waals surface area contributed by atoms with E-state index in [1.807, 2.05) is 13.0 Å². The molecule has 1 aliphatic heterocycles. The van der Waals surface area contributed by atoms with Crippen LogP contribution in [0.25, 0.3) is 0 Å². The van der Waals surface area contributed by atoms with Gasteiger partial charge in [0, 0.05) is 23.2 Å². The second-order valence-electron chi connectivity index (χ2n) is 4.61. The second-order valence-corrected chi connectivity index (χ2v) is 5.02. The predicted octanol–water partition coefficient (Wildman–Crippen LogP) is 2.86. The van der Waals surface area contributed by atoms with E-state index in [0.29, 0.717) is 22.9 Å². The maximum absolute atomic E-state index is 11.3. The van der Waals surface area contributed by atoms with Crippen LogP contribution in [0.5, 0.6) is 5.75 Å². The van der Waals surface area contributed by atoms with Gasteiger partial charge in [0.25, 0.3) is 0 Å². The molecular weight excluding hydrogens is 264 g/mol. The number of carbonyl (C=O) groups excluding carboxylic acids is 1. The Morgan fingerprint density at radius 3 is 2.89 bits per heavy atom. The molecule has 1 amide bonds. The van der Waals surface area contributed by atoms with Crippen molar-refractivity contribution in [2.45, 2.75) is 25.8 Å².